The van der Waals surface area contributed by atoms with Gasteiger partial charge in [-0.15, -0.1) is 0 Å². The maximum Gasteiger partial charge on any atom is 0.335 e. The van der Waals surface area contributed by atoms with Gasteiger partial charge in [0.25, 0.3) is 0 Å². The fourth-order valence-electron chi connectivity index (χ4n) is 3.85. The Hall–Kier alpha value is -3.50. The summed E-state index contributed by atoms with van der Waals surface area (Å²) in [6.07, 6.45) is -7.58. The molecular formula is C24H42N2O18. The first-order chi connectivity index (χ1) is 20.4. The van der Waals surface area contributed by atoms with Crippen LogP contribution in [-0.4, -0.2) is 164 Å². The van der Waals surface area contributed by atoms with Gasteiger partial charge in [0, 0.05) is 27.2 Å². The average Bonchev–Trinajstić information content (AvgIpc) is 3.67. The Labute approximate surface area is 251 Å². The van der Waals surface area contributed by atoms with Gasteiger partial charge < -0.3 is 75.2 Å². The van der Waals surface area contributed by atoms with Gasteiger partial charge in [0.2, 0.25) is 0 Å². The van der Waals surface area contributed by atoms with Gasteiger partial charge in [0.05, 0.1) is 46.5 Å². The zero-order valence-corrected chi connectivity index (χ0v) is 24.7. The average molecular weight is 647 g/mol. The molecular weight excluding hydrogens is 604 g/mol. The lowest BCUT2D eigenvalue weighted by Gasteiger charge is -2.23. The second kappa shape index (κ2) is 21.2. The molecule has 2 aliphatic rings. The maximum atomic E-state index is 11.4. The van der Waals surface area contributed by atoms with Crippen LogP contribution in [0.2, 0.25) is 0 Å². The van der Waals surface area contributed by atoms with Crippen molar-refractivity contribution in [2.75, 3.05) is 67.8 Å². The number of carboxylic acids is 4. The second-order valence-corrected chi connectivity index (χ2v) is 9.48. The number of nitrogens with one attached hydrogen (secondary N) is 1. The van der Waals surface area contributed by atoms with Crippen LogP contribution in [0, 0.1) is 10.8 Å². The van der Waals surface area contributed by atoms with Crippen molar-refractivity contribution < 1.29 is 93.9 Å². The minimum Gasteiger partial charge on any atom is -0.547 e. The summed E-state index contributed by atoms with van der Waals surface area (Å²) in [5.74, 6) is -7.68. The van der Waals surface area contributed by atoms with E-state index in [9.17, 15) is 33.9 Å². The molecule has 0 bridgehead atoms. The Balaban J connectivity index is 0. The summed E-state index contributed by atoms with van der Waals surface area (Å²) < 4.78 is 19.5. The molecule has 6 atom stereocenters. The van der Waals surface area contributed by atoms with E-state index in [0.717, 1.165) is 32.5 Å². The Morgan fingerprint density at radius 2 is 1.14 bits per heavy atom. The van der Waals surface area contributed by atoms with E-state index < -0.39 is 53.7 Å². The Kier molecular flexibility index (Phi) is 20.6. The number of quaternary nitrogens is 1. The van der Waals surface area contributed by atoms with Crippen LogP contribution in [-0.2, 0) is 47.7 Å². The number of aliphatic hydroxyl groups excluding tert-OH is 4. The summed E-state index contributed by atoms with van der Waals surface area (Å²) in [4.78, 5) is 61.7. The Morgan fingerprint density at radius 3 is 1.41 bits per heavy atom. The predicted octanol–water partition coefficient (Wildman–Crippen LogP) is -7.04. The number of hydrogen-bond donors (Lipinski definition) is 9. The summed E-state index contributed by atoms with van der Waals surface area (Å²) in [7, 11) is 6.06. The van der Waals surface area contributed by atoms with Crippen molar-refractivity contribution in [2.45, 2.75) is 37.3 Å². The van der Waals surface area contributed by atoms with Crippen LogP contribution in [0.3, 0.4) is 0 Å². The number of carbonyl (C=O) groups excluding carboxylic acids is 3. The van der Waals surface area contributed by atoms with Crippen molar-refractivity contribution in [2.24, 2.45) is 10.8 Å². The zero-order valence-electron chi connectivity index (χ0n) is 24.7. The van der Waals surface area contributed by atoms with Crippen molar-refractivity contribution in [3.8, 4) is 0 Å². The Bertz CT molecular complexity index is 822. The van der Waals surface area contributed by atoms with Crippen LogP contribution in [0.4, 0.5) is 0 Å². The summed E-state index contributed by atoms with van der Waals surface area (Å²) in [5.41, 5.74) is -0.826. The summed E-state index contributed by atoms with van der Waals surface area (Å²) >= 11 is 0. The quantitative estimate of drug-likeness (QED) is 0.0889. The number of carbonyl (C=O) groups is 6. The van der Waals surface area contributed by atoms with Crippen LogP contribution >= 0.6 is 0 Å². The molecule has 0 saturated carbocycles. The predicted molar refractivity (Wildman–Crippen MR) is 138 cm³/mol. The number of aliphatic hydroxyl groups is 4. The normalized spacial score (nSPS) is 22.9. The minimum atomic E-state index is -2.38. The van der Waals surface area contributed by atoms with Gasteiger partial charge >= 0.3 is 29.8 Å². The number of hydrogen-bond acceptors (Lipinski definition) is 16. The van der Waals surface area contributed by atoms with Gasteiger partial charge in [-0.2, -0.15) is 0 Å². The number of esters is 2. The van der Waals surface area contributed by atoms with Crippen molar-refractivity contribution >= 4 is 35.8 Å². The van der Waals surface area contributed by atoms with E-state index in [1.165, 1.54) is 14.2 Å². The molecule has 0 aromatic rings. The van der Waals surface area contributed by atoms with Gasteiger partial charge in [-0.1, -0.05) is 0 Å². The number of methoxy groups -OCH3 is 4. The first-order valence-electron chi connectivity index (χ1n) is 12.7. The molecule has 20 heteroatoms. The molecule has 0 aliphatic carbocycles. The fourth-order valence-corrected chi connectivity index (χ4v) is 3.85. The first kappa shape index (κ1) is 42.6. The first-order valence-corrected chi connectivity index (χ1v) is 12.7. The number of ether oxygens (including phenoxy) is 4. The van der Waals surface area contributed by atoms with Crippen molar-refractivity contribution in [1.82, 2.24) is 5.32 Å². The molecule has 2 aliphatic heterocycles. The van der Waals surface area contributed by atoms with E-state index in [2.05, 4.69) is 10.6 Å². The van der Waals surface area contributed by atoms with Crippen LogP contribution in [0.1, 0.15) is 12.8 Å². The smallest absolute Gasteiger partial charge is 0.335 e. The topological polar surface area (TPSA) is 333 Å². The second-order valence-electron chi connectivity index (χ2n) is 9.48. The van der Waals surface area contributed by atoms with Crippen molar-refractivity contribution in [3.05, 3.63) is 0 Å². The molecule has 2 saturated heterocycles. The lowest BCUT2D eigenvalue weighted by molar-refractivity contribution is -0.640. The molecule has 44 heavy (non-hydrogen) atoms. The van der Waals surface area contributed by atoms with E-state index >= 15 is 0 Å². The molecule has 2 rings (SSSR count). The number of nitrogens with two attached hydrogens (primary N) is 1. The molecule has 0 amide bonds. The molecule has 2 fully saturated rings. The van der Waals surface area contributed by atoms with E-state index in [1.54, 1.807) is 14.2 Å². The number of carboxylic acid groups (broad SMARTS) is 4. The van der Waals surface area contributed by atoms with Gasteiger partial charge in [0.1, 0.15) is 16.9 Å². The molecule has 0 aromatic heterocycles. The highest BCUT2D eigenvalue weighted by Gasteiger charge is 2.45. The molecule has 256 valence electrons. The standard InChI is InChI=1S/2C8H15NO3.2C4H6O6/c2*1-11-6-8(7(10)12-2)3-4-9-5-8;2*5-1(3(7)8)2(6)4(9)10/h2*9H,3-6H2,1-2H3;2*1-2,5-6H,(H,7,8)(H,9,10)/t8-;;2*1-,2-/m1.11/s1. The largest absolute Gasteiger partial charge is 0.547 e. The third kappa shape index (κ3) is 13.9. The van der Waals surface area contributed by atoms with Gasteiger partial charge in [-0.3, -0.25) is 9.59 Å². The van der Waals surface area contributed by atoms with Gasteiger partial charge in [-0.25, -0.2) is 14.4 Å². The van der Waals surface area contributed by atoms with Crippen LogP contribution in [0.5, 0.6) is 0 Å². The monoisotopic (exact) mass is 646 g/mol. The highest BCUT2D eigenvalue weighted by molar-refractivity contribution is 5.83. The van der Waals surface area contributed by atoms with E-state index in [1.807, 2.05) is 0 Å². The summed E-state index contributed by atoms with van der Waals surface area (Å²) in [6, 6.07) is 0. The molecule has 20 nitrogen and oxygen atoms in total. The SMILES string of the molecule is COCC1(C(=O)OC)CCNC1.COC[C@@]1(C(=O)OC)CC[NH2+]C1.O=C(O)[C@H](O)[C@@H](O)C(=O)O.O=C([O-])[C@H](O)[C@@H](O)C(=O)O. The van der Waals surface area contributed by atoms with Crippen LogP contribution < -0.4 is 15.7 Å². The molecule has 2 heterocycles. The van der Waals surface area contributed by atoms with Crippen LogP contribution in [0.15, 0.2) is 0 Å². The Morgan fingerprint density at radius 1 is 0.727 bits per heavy atom. The minimum absolute atomic E-state index is 0.141. The third-order valence-electron chi connectivity index (χ3n) is 6.28. The molecule has 0 spiro atoms. The summed E-state index contributed by atoms with van der Waals surface area (Å²) in [6.45, 7) is 4.20. The van der Waals surface area contributed by atoms with E-state index in [4.69, 9.17) is 54.7 Å². The third-order valence-corrected chi connectivity index (χ3v) is 6.28. The van der Waals surface area contributed by atoms with Gasteiger partial charge in [-0.05, 0) is 13.0 Å². The zero-order chi connectivity index (χ0) is 34.7. The fraction of sp³-hybridized carbons (Fsp3) is 0.750. The highest BCUT2D eigenvalue weighted by atomic mass is 16.5. The number of rotatable bonds is 12. The molecule has 0 aromatic carbocycles. The number of aliphatic carboxylic acids is 4. The lowest BCUT2D eigenvalue weighted by atomic mass is 9.88. The van der Waals surface area contributed by atoms with E-state index in [-0.39, 0.29) is 17.4 Å². The highest BCUT2D eigenvalue weighted by Crippen LogP contribution is 2.27. The maximum absolute atomic E-state index is 11.4. The molecule has 10 N–H and O–H groups in total. The molecule has 1 unspecified atom stereocenters. The van der Waals surface area contributed by atoms with E-state index in [0.29, 0.717) is 19.8 Å². The molecule has 0 radical (unpaired) electrons. The lowest BCUT2D eigenvalue weighted by Crippen LogP contribution is -2.82. The van der Waals surface area contributed by atoms with Crippen LogP contribution in [0.25, 0.3) is 0 Å². The summed E-state index contributed by atoms with van der Waals surface area (Å²) in [5, 5.41) is 71.9. The van der Waals surface area contributed by atoms with Crippen molar-refractivity contribution in [1.29, 1.82) is 0 Å². The van der Waals surface area contributed by atoms with Gasteiger partial charge in [0.15, 0.2) is 18.3 Å². The van der Waals surface area contributed by atoms with Crippen molar-refractivity contribution in [3.63, 3.8) is 0 Å².